The number of carbonyl (C=O) groups excluding carboxylic acids is 1. The number of ether oxygens (including phenoxy) is 1. The summed E-state index contributed by atoms with van der Waals surface area (Å²) in [6.07, 6.45) is 0.580. The molecule has 10 heteroatoms. The molecule has 0 bridgehead atoms. The second-order valence-corrected chi connectivity index (χ2v) is 12.3. The predicted octanol–water partition coefficient (Wildman–Crippen LogP) is 1.78. The zero-order valence-electron chi connectivity index (χ0n) is 16.0. The number of rotatable bonds is 8. The second kappa shape index (κ2) is 7.89. The molecule has 1 atom stereocenters. The molecule has 0 saturated carbocycles. The van der Waals surface area contributed by atoms with Gasteiger partial charge in [-0.05, 0) is 24.2 Å². The predicted molar refractivity (Wildman–Crippen MR) is 95.9 cm³/mol. The number of carbonyl (C=O) groups is 1. The van der Waals surface area contributed by atoms with Gasteiger partial charge in [-0.25, -0.2) is 13.1 Å². The van der Waals surface area contributed by atoms with E-state index in [0.717, 1.165) is 0 Å². The van der Waals surface area contributed by atoms with Crippen LogP contribution in [-0.2, 0) is 29.7 Å². The highest BCUT2D eigenvalue weighted by Gasteiger charge is 2.47. The van der Waals surface area contributed by atoms with Gasteiger partial charge in [-0.2, -0.15) is 8.42 Å². The third-order valence-electron chi connectivity index (χ3n) is 3.95. The molecule has 2 N–H and O–H groups in total. The van der Waals surface area contributed by atoms with Crippen molar-refractivity contribution in [3.05, 3.63) is 0 Å². The van der Waals surface area contributed by atoms with Crippen LogP contribution in [0.2, 0.25) is 0 Å². The summed E-state index contributed by atoms with van der Waals surface area (Å²) in [5, 5.41) is -1.43. The van der Waals surface area contributed by atoms with E-state index >= 15 is 0 Å². The molecule has 0 aliphatic carbocycles. The van der Waals surface area contributed by atoms with Gasteiger partial charge in [0.05, 0.1) is 5.41 Å². The van der Waals surface area contributed by atoms with Crippen LogP contribution in [0.1, 0.15) is 54.9 Å². The highest BCUT2D eigenvalue weighted by atomic mass is 32.3. The molecule has 0 heterocycles. The lowest BCUT2D eigenvalue weighted by atomic mass is 9.61. The molecule has 0 aromatic rings. The van der Waals surface area contributed by atoms with E-state index in [0.29, 0.717) is 6.42 Å². The van der Waals surface area contributed by atoms with Crippen LogP contribution in [0, 0.1) is 16.2 Å². The molecule has 25 heavy (non-hydrogen) atoms. The first-order valence-corrected chi connectivity index (χ1v) is 11.1. The summed E-state index contributed by atoms with van der Waals surface area (Å²) >= 11 is 0. The fourth-order valence-electron chi connectivity index (χ4n) is 2.44. The summed E-state index contributed by atoms with van der Waals surface area (Å²) < 4.78 is 59.9. The minimum absolute atomic E-state index is 0.113. The molecule has 0 rings (SSSR count). The lowest BCUT2D eigenvalue weighted by Crippen LogP contribution is -2.45. The summed E-state index contributed by atoms with van der Waals surface area (Å²) in [6, 6.07) is 0. The van der Waals surface area contributed by atoms with Gasteiger partial charge >= 0.3 is 5.97 Å². The van der Waals surface area contributed by atoms with Gasteiger partial charge in [0.1, 0.15) is 6.61 Å². The largest absolute Gasteiger partial charge is 0.464 e. The zero-order chi connectivity index (χ0) is 20.3. The average molecular weight is 402 g/mol. The van der Waals surface area contributed by atoms with E-state index in [1.807, 2.05) is 53.2 Å². The summed E-state index contributed by atoms with van der Waals surface area (Å²) in [4.78, 5) is 12.6. The van der Waals surface area contributed by atoms with Gasteiger partial charge in [0, 0.05) is 6.54 Å². The molecule has 0 amide bonds. The first-order valence-electron chi connectivity index (χ1n) is 7.89. The van der Waals surface area contributed by atoms with E-state index in [-0.39, 0.29) is 24.0 Å². The number of esters is 1. The van der Waals surface area contributed by atoms with Gasteiger partial charge in [0.25, 0.3) is 10.1 Å². The summed E-state index contributed by atoms with van der Waals surface area (Å²) in [7, 11) is -8.87. The van der Waals surface area contributed by atoms with Crippen LogP contribution in [-0.4, -0.2) is 45.6 Å². The highest BCUT2D eigenvalue weighted by molar-refractivity contribution is 8.04. The van der Waals surface area contributed by atoms with E-state index < -0.39 is 36.6 Å². The monoisotopic (exact) mass is 401 g/mol. The van der Waals surface area contributed by atoms with E-state index in [1.54, 1.807) is 0 Å². The zero-order valence-corrected chi connectivity index (χ0v) is 17.7. The van der Waals surface area contributed by atoms with Crippen molar-refractivity contribution in [2.75, 3.05) is 18.2 Å². The lowest BCUT2D eigenvalue weighted by Gasteiger charge is -2.43. The maximum absolute atomic E-state index is 12.6. The molecule has 0 radical (unpaired) electrons. The Bertz CT molecular complexity index is 670. The normalized spacial score (nSPS) is 16.3. The van der Waals surface area contributed by atoms with Crippen LogP contribution in [0.15, 0.2) is 0 Å². The maximum Gasteiger partial charge on any atom is 0.312 e. The fourth-order valence-corrected chi connectivity index (χ4v) is 4.74. The minimum atomic E-state index is -4.66. The van der Waals surface area contributed by atoms with Gasteiger partial charge < -0.3 is 4.74 Å². The quantitative estimate of drug-likeness (QED) is 0.360. The Morgan fingerprint density at radius 1 is 1.00 bits per heavy atom. The molecular weight excluding hydrogens is 370 g/mol. The average Bonchev–Trinajstić information content (AvgIpc) is 2.27. The van der Waals surface area contributed by atoms with Gasteiger partial charge in [0.2, 0.25) is 10.0 Å². The Hall–Kier alpha value is -0.710. The van der Waals surface area contributed by atoms with E-state index in [9.17, 15) is 21.6 Å². The molecule has 0 aromatic heterocycles. The van der Waals surface area contributed by atoms with Crippen molar-refractivity contribution in [3.8, 4) is 0 Å². The maximum atomic E-state index is 12.6. The van der Waals surface area contributed by atoms with Crippen LogP contribution < -0.4 is 4.72 Å². The van der Waals surface area contributed by atoms with Crippen molar-refractivity contribution in [1.29, 1.82) is 0 Å². The van der Waals surface area contributed by atoms with E-state index in [1.165, 1.54) is 0 Å². The molecule has 0 saturated heterocycles. The summed E-state index contributed by atoms with van der Waals surface area (Å²) in [5.41, 5.74) is -1.27. The van der Waals surface area contributed by atoms with E-state index in [2.05, 4.69) is 0 Å². The Labute approximate surface area is 151 Å². The smallest absolute Gasteiger partial charge is 0.312 e. The van der Waals surface area contributed by atoms with Gasteiger partial charge in [-0.1, -0.05) is 41.5 Å². The van der Waals surface area contributed by atoms with Crippen LogP contribution in [0.5, 0.6) is 0 Å². The van der Waals surface area contributed by atoms with Crippen molar-refractivity contribution in [3.63, 3.8) is 0 Å². The molecule has 0 spiro atoms. The van der Waals surface area contributed by atoms with Crippen molar-refractivity contribution in [2.24, 2.45) is 16.2 Å². The Balaban J connectivity index is 4.86. The number of nitrogens with one attached hydrogen (secondary N) is 1. The van der Waals surface area contributed by atoms with E-state index in [4.69, 9.17) is 9.29 Å². The van der Waals surface area contributed by atoms with Gasteiger partial charge in [-0.15, -0.1) is 0 Å². The molecule has 0 aliphatic rings. The lowest BCUT2D eigenvalue weighted by molar-refractivity contribution is -0.164. The number of hydrogen-bond donors (Lipinski definition) is 2. The van der Waals surface area contributed by atoms with Crippen LogP contribution >= 0.6 is 0 Å². The second-order valence-electron chi connectivity index (χ2n) is 8.66. The fraction of sp³-hybridized carbons (Fsp3) is 0.933. The molecular formula is C15H31NO7S2. The minimum Gasteiger partial charge on any atom is -0.464 e. The topological polar surface area (TPSA) is 127 Å². The van der Waals surface area contributed by atoms with Crippen LogP contribution in [0.25, 0.3) is 0 Å². The number of sulfonamides is 1. The molecule has 0 aliphatic heterocycles. The SMILES string of the molecule is CC(C)(C)CC(C)(C(=O)OCCNS(=O)(=O)CS(=O)(=O)O)C(C)(C)C. The van der Waals surface area contributed by atoms with Crippen LogP contribution in [0.3, 0.4) is 0 Å². The van der Waals surface area contributed by atoms with Crippen molar-refractivity contribution in [2.45, 2.75) is 54.9 Å². The van der Waals surface area contributed by atoms with Gasteiger partial charge in [-0.3, -0.25) is 9.35 Å². The summed E-state index contributed by atoms with van der Waals surface area (Å²) in [6.45, 7) is 13.2. The standard InChI is InChI=1S/C15H31NO7S2/c1-13(2,3)10-15(7,14(4,5)6)12(17)23-9-8-16-24(18,19)11-25(20,21)22/h16H,8-11H2,1-7H3,(H,20,21,22). The van der Waals surface area contributed by atoms with Crippen LogP contribution in [0.4, 0.5) is 0 Å². The van der Waals surface area contributed by atoms with Gasteiger partial charge in [0.15, 0.2) is 5.08 Å². The number of hydrogen-bond acceptors (Lipinski definition) is 6. The third-order valence-corrected chi connectivity index (χ3v) is 7.03. The summed E-state index contributed by atoms with van der Waals surface area (Å²) in [5.74, 6) is -0.441. The Kier molecular flexibility index (Phi) is 7.67. The van der Waals surface area contributed by atoms with Crippen molar-refractivity contribution >= 4 is 26.1 Å². The Morgan fingerprint density at radius 2 is 1.48 bits per heavy atom. The molecule has 150 valence electrons. The highest BCUT2D eigenvalue weighted by Crippen LogP contribution is 2.47. The van der Waals surface area contributed by atoms with Crippen molar-refractivity contribution < 1.29 is 30.9 Å². The first-order chi connectivity index (χ1) is 10.8. The first kappa shape index (κ1) is 24.3. The molecule has 0 aromatic carbocycles. The Morgan fingerprint density at radius 3 is 1.84 bits per heavy atom. The van der Waals surface area contributed by atoms with Crippen molar-refractivity contribution in [1.82, 2.24) is 4.72 Å². The third kappa shape index (κ3) is 8.98. The molecule has 1 unspecified atom stereocenters. The molecule has 0 fully saturated rings. The molecule has 8 nitrogen and oxygen atoms in total.